The molecule has 1 aliphatic heterocycles. The summed E-state index contributed by atoms with van der Waals surface area (Å²) < 4.78 is 0. The second-order valence-electron chi connectivity index (χ2n) is 4.89. The molecule has 3 nitrogen and oxygen atoms in total. The van der Waals surface area contributed by atoms with Crippen LogP contribution in [0.25, 0.3) is 0 Å². The van der Waals surface area contributed by atoms with Gasteiger partial charge in [-0.2, -0.15) is 12.6 Å². The van der Waals surface area contributed by atoms with E-state index < -0.39 is 0 Å². The predicted octanol–water partition coefficient (Wildman–Crippen LogP) is 1.87. The van der Waals surface area contributed by atoms with Crippen molar-refractivity contribution in [2.24, 2.45) is 5.41 Å². The Hall–Kier alpha value is -0.510. The highest BCUT2D eigenvalue weighted by molar-refractivity contribution is 7.80. The van der Waals surface area contributed by atoms with Gasteiger partial charge in [-0.15, -0.1) is 0 Å². The number of unbranched alkanes of at least 4 members (excludes halogenated alkanes) is 1. The van der Waals surface area contributed by atoms with E-state index in [9.17, 15) is 9.59 Å². The molecule has 0 aromatic heterocycles. The molecule has 0 radical (unpaired) electrons. The molecule has 0 saturated carbocycles. The molecule has 1 rings (SSSR count). The molecule has 0 N–H and O–H groups in total. The quantitative estimate of drug-likeness (QED) is 0.454. The van der Waals surface area contributed by atoms with E-state index in [1.54, 1.807) is 0 Å². The lowest BCUT2D eigenvalue weighted by Crippen LogP contribution is -2.46. The van der Waals surface area contributed by atoms with Crippen molar-refractivity contribution in [3.05, 3.63) is 0 Å². The van der Waals surface area contributed by atoms with Gasteiger partial charge in [0.25, 0.3) is 0 Å². The molecule has 0 unspecified atom stereocenters. The number of carbonyl (C=O) groups is 2. The number of amides is 2. The maximum absolute atomic E-state index is 11.7. The lowest BCUT2D eigenvalue weighted by Gasteiger charge is -2.34. The number of nitrogens with zero attached hydrogens (tertiary/aromatic N) is 1. The van der Waals surface area contributed by atoms with Crippen molar-refractivity contribution in [3.63, 3.8) is 0 Å². The normalized spacial score (nSPS) is 20.9. The molecule has 0 aromatic rings. The Morgan fingerprint density at radius 3 is 2.20 bits per heavy atom. The third kappa shape index (κ3) is 3.52. The molecule has 15 heavy (non-hydrogen) atoms. The van der Waals surface area contributed by atoms with Crippen LogP contribution in [0.2, 0.25) is 0 Å². The Kier molecular flexibility index (Phi) is 4.20. The van der Waals surface area contributed by atoms with Crippen LogP contribution in [0.1, 0.15) is 39.5 Å². The fraction of sp³-hybridized carbons (Fsp3) is 0.818. The summed E-state index contributed by atoms with van der Waals surface area (Å²) in [4.78, 5) is 24.8. The summed E-state index contributed by atoms with van der Waals surface area (Å²) >= 11 is 4.10. The second kappa shape index (κ2) is 5.01. The maximum atomic E-state index is 11.7. The highest BCUT2D eigenvalue weighted by Crippen LogP contribution is 2.31. The molecule has 0 atom stereocenters. The molecular formula is C11H19NO2S. The SMILES string of the molecule is CC1(C)CC(=O)N(CCCCS)C(=O)C1. The van der Waals surface area contributed by atoms with Crippen molar-refractivity contribution in [1.82, 2.24) is 4.90 Å². The summed E-state index contributed by atoms with van der Waals surface area (Å²) in [6, 6.07) is 0. The summed E-state index contributed by atoms with van der Waals surface area (Å²) in [5.74, 6) is 0.771. The van der Waals surface area contributed by atoms with Crippen LogP contribution >= 0.6 is 12.6 Å². The molecule has 1 fully saturated rings. The van der Waals surface area contributed by atoms with Crippen LogP contribution in [0.5, 0.6) is 0 Å². The number of likely N-dealkylation sites (tertiary alicyclic amines) is 1. The molecule has 0 bridgehead atoms. The highest BCUT2D eigenvalue weighted by atomic mass is 32.1. The smallest absolute Gasteiger partial charge is 0.229 e. The van der Waals surface area contributed by atoms with Gasteiger partial charge in [0.1, 0.15) is 0 Å². The first-order valence-corrected chi connectivity index (χ1v) is 6.03. The third-order valence-corrected chi connectivity index (χ3v) is 2.97. The summed E-state index contributed by atoms with van der Waals surface area (Å²) in [5, 5.41) is 0. The zero-order valence-corrected chi connectivity index (χ0v) is 10.3. The summed E-state index contributed by atoms with van der Waals surface area (Å²) in [5.41, 5.74) is -0.159. The van der Waals surface area contributed by atoms with E-state index in [2.05, 4.69) is 12.6 Å². The van der Waals surface area contributed by atoms with Crippen molar-refractivity contribution in [3.8, 4) is 0 Å². The summed E-state index contributed by atoms with van der Waals surface area (Å²) in [6.45, 7) is 4.50. The van der Waals surface area contributed by atoms with Crippen LogP contribution in [0, 0.1) is 5.41 Å². The zero-order valence-electron chi connectivity index (χ0n) is 9.45. The van der Waals surface area contributed by atoms with Crippen molar-refractivity contribution in [2.75, 3.05) is 12.3 Å². The fourth-order valence-electron chi connectivity index (χ4n) is 1.84. The first-order valence-electron chi connectivity index (χ1n) is 5.40. The van der Waals surface area contributed by atoms with Crippen LogP contribution in [0.15, 0.2) is 0 Å². The number of piperidine rings is 1. The first kappa shape index (κ1) is 12.6. The number of carbonyl (C=O) groups excluding carboxylic acids is 2. The van der Waals surface area contributed by atoms with Gasteiger partial charge in [-0.3, -0.25) is 14.5 Å². The average Bonchev–Trinajstić information content (AvgIpc) is 2.08. The number of rotatable bonds is 4. The highest BCUT2D eigenvalue weighted by Gasteiger charge is 2.36. The van der Waals surface area contributed by atoms with E-state index in [1.807, 2.05) is 13.8 Å². The molecule has 4 heteroatoms. The van der Waals surface area contributed by atoms with Gasteiger partial charge in [0.2, 0.25) is 11.8 Å². The summed E-state index contributed by atoms with van der Waals surface area (Å²) in [6.07, 6.45) is 2.78. The van der Waals surface area contributed by atoms with Crippen LogP contribution in [0.3, 0.4) is 0 Å². The predicted molar refractivity (Wildman–Crippen MR) is 62.8 cm³/mol. The molecule has 2 amide bonds. The van der Waals surface area contributed by atoms with E-state index in [0.29, 0.717) is 19.4 Å². The summed E-state index contributed by atoms with van der Waals surface area (Å²) in [7, 11) is 0. The van der Waals surface area contributed by atoms with Gasteiger partial charge in [-0.1, -0.05) is 13.8 Å². The Bertz CT molecular complexity index is 243. The van der Waals surface area contributed by atoms with Crippen LogP contribution < -0.4 is 0 Å². The molecule has 0 aromatic carbocycles. The third-order valence-electron chi connectivity index (χ3n) is 2.65. The molecule has 86 valence electrons. The van der Waals surface area contributed by atoms with Crippen LogP contribution in [-0.2, 0) is 9.59 Å². The van der Waals surface area contributed by atoms with Gasteiger partial charge < -0.3 is 0 Å². The van der Waals surface area contributed by atoms with Crippen molar-refractivity contribution < 1.29 is 9.59 Å². The average molecular weight is 229 g/mol. The second-order valence-corrected chi connectivity index (χ2v) is 5.33. The fourth-order valence-corrected chi connectivity index (χ4v) is 2.07. The number of hydrogen-bond acceptors (Lipinski definition) is 3. The van der Waals surface area contributed by atoms with E-state index in [-0.39, 0.29) is 17.2 Å². The van der Waals surface area contributed by atoms with Crippen LogP contribution in [0.4, 0.5) is 0 Å². The lowest BCUT2D eigenvalue weighted by atomic mass is 9.82. The van der Waals surface area contributed by atoms with Crippen molar-refractivity contribution in [1.29, 1.82) is 0 Å². The Morgan fingerprint density at radius 1 is 1.20 bits per heavy atom. The number of imide groups is 1. The Balaban J connectivity index is 2.52. The topological polar surface area (TPSA) is 37.4 Å². The Labute approximate surface area is 96.6 Å². The van der Waals surface area contributed by atoms with Gasteiger partial charge in [0.15, 0.2) is 0 Å². The monoisotopic (exact) mass is 229 g/mol. The number of hydrogen-bond donors (Lipinski definition) is 1. The molecule has 1 heterocycles. The van der Waals surface area contributed by atoms with E-state index >= 15 is 0 Å². The first-order chi connectivity index (χ1) is 6.96. The standard InChI is InChI=1S/C11H19NO2S/c1-11(2)7-9(13)12(10(14)8-11)5-3-4-6-15/h15H,3-8H2,1-2H3. The molecule has 1 aliphatic rings. The van der Waals surface area contributed by atoms with Crippen molar-refractivity contribution >= 4 is 24.4 Å². The Morgan fingerprint density at radius 2 is 1.73 bits per heavy atom. The van der Waals surface area contributed by atoms with Gasteiger partial charge in [-0.25, -0.2) is 0 Å². The lowest BCUT2D eigenvalue weighted by molar-refractivity contribution is -0.152. The molecular weight excluding hydrogens is 210 g/mol. The minimum absolute atomic E-state index is 0.0181. The van der Waals surface area contributed by atoms with Gasteiger partial charge in [0.05, 0.1) is 0 Å². The van der Waals surface area contributed by atoms with E-state index in [0.717, 1.165) is 18.6 Å². The van der Waals surface area contributed by atoms with Gasteiger partial charge in [-0.05, 0) is 24.0 Å². The minimum atomic E-state index is -0.159. The molecule has 0 spiro atoms. The molecule has 1 saturated heterocycles. The maximum Gasteiger partial charge on any atom is 0.229 e. The van der Waals surface area contributed by atoms with Gasteiger partial charge >= 0.3 is 0 Å². The van der Waals surface area contributed by atoms with Crippen LogP contribution in [-0.4, -0.2) is 29.0 Å². The molecule has 0 aliphatic carbocycles. The van der Waals surface area contributed by atoms with E-state index in [1.165, 1.54) is 4.90 Å². The zero-order chi connectivity index (χ0) is 11.5. The minimum Gasteiger partial charge on any atom is -0.283 e. The number of thiol groups is 1. The van der Waals surface area contributed by atoms with Gasteiger partial charge in [0, 0.05) is 19.4 Å². The van der Waals surface area contributed by atoms with Crippen molar-refractivity contribution in [2.45, 2.75) is 39.5 Å². The largest absolute Gasteiger partial charge is 0.283 e. The van der Waals surface area contributed by atoms with E-state index in [4.69, 9.17) is 0 Å².